The standard InChI is InChI=1S/C12H15NO2/c1-12(2,3)15-11-5-9(7-13)4-10(6-11)8-14/h4-6,14H,8H2,1-3H3. The van der Waals surface area contributed by atoms with Crippen LogP contribution in [0.1, 0.15) is 31.9 Å². The predicted molar refractivity (Wildman–Crippen MR) is 57.5 cm³/mol. The fraction of sp³-hybridized carbons (Fsp3) is 0.417. The van der Waals surface area contributed by atoms with Crippen LogP contribution in [0.4, 0.5) is 0 Å². The largest absolute Gasteiger partial charge is 0.488 e. The maximum absolute atomic E-state index is 9.02. The zero-order valence-electron chi connectivity index (χ0n) is 9.24. The second-order valence-corrected chi connectivity index (χ2v) is 4.35. The molecular formula is C12H15NO2. The summed E-state index contributed by atoms with van der Waals surface area (Å²) in [6, 6.07) is 7.10. The zero-order chi connectivity index (χ0) is 11.5. The average Bonchev–Trinajstić information content (AvgIpc) is 2.14. The van der Waals surface area contributed by atoms with E-state index in [9.17, 15) is 0 Å². The minimum atomic E-state index is -0.305. The van der Waals surface area contributed by atoms with Crippen molar-refractivity contribution in [3.63, 3.8) is 0 Å². The van der Waals surface area contributed by atoms with E-state index in [2.05, 4.69) is 0 Å². The Kier molecular flexibility index (Phi) is 3.33. The third kappa shape index (κ3) is 3.61. The summed E-state index contributed by atoms with van der Waals surface area (Å²) in [6.45, 7) is 5.72. The molecule has 0 unspecified atom stereocenters. The molecule has 3 heteroatoms. The van der Waals surface area contributed by atoms with Gasteiger partial charge in [-0.25, -0.2) is 0 Å². The molecule has 0 aliphatic rings. The van der Waals surface area contributed by atoms with Crippen molar-refractivity contribution in [2.24, 2.45) is 0 Å². The molecule has 1 N–H and O–H groups in total. The molecule has 1 aromatic carbocycles. The fourth-order valence-electron chi connectivity index (χ4n) is 1.23. The monoisotopic (exact) mass is 205 g/mol. The molecule has 1 rings (SSSR count). The molecule has 0 spiro atoms. The molecule has 1 aromatic rings. The van der Waals surface area contributed by atoms with Crippen molar-refractivity contribution in [2.45, 2.75) is 33.0 Å². The van der Waals surface area contributed by atoms with Crippen LogP contribution in [0.5, 0.6) is 5.75 Å². The molecule has 3 nitrogen and oxygen atoms in total. The number of benzene rings is 1. The first-order valence-electron chi connectivity index (χ1n) is 4.78. The number of ether oxygens (including phenoxy) is 1. The molecule has 0 aromatic heterocycles. The number of rotatable bonds is 2. The van der Waals surface area contributed by atoms with Crippen LogP contribution in [0.15, 0.2) is 18.2 Å². The van der Waals surface area contributed by atoms with E-state index in [4.69, 9.17) is 15.1 Å². The van der Waals surface area contributed by atoms with E-state index < -0.39 is 0 Å². The van der Waals surface area contributed by atoms with Crippen LogP contribution < -0.4 is 4.74 Å². The number of hydrogen-bond acceptors (Lipinski definition) is 3. The van der Waals surface area contributed by atoms with Gasteiger partial charge in [0.05, 0.1) is 18.2 Å². The van der Waals surface area contributed by atoms with Crippen molar-refractivity contribution in [3.05, 3.63) is 29.3 Å². The first-order chi connectivity index (χ1) is 6.94. The van der Waals surface area contributed by atoms with Crippen LogP contribution in [0, 0.1) is 11.3 Å². The third-order valence-electron chi connectivity index (χ3n) is 1.70. The van der Waals surface area contributed by atoms with Crippen LogP contribution in [0.2, 0.25) is 0 Å². The van der Waals surface area contributed by atoms with Gasteiger partial charge >= 0.3 is 0 Å². The lowest BCUT2D eigenvalue weighted by Crippen LogP contribution is -2.23. The summed E-state index contributed by atoms with van der Waals surface area (Å²) >= 11 is 0. The Hall–Kier alpha value is -1.53. The highest BCUT2D eigenvalue weighted by Crippen LogP contribution is 2.21. The number of nitriles is 1. The third-order valence-corrected chi connectivity index (χ3v) is 1.70. The maximum atomic E-state index is 9.02. The molecule has 0 radical (unpaired) electrons. The van der Waals surface area contributed by atoms with Gasteiger partial charge in [-0.1, -0.05) is 0 Å². The molecule has 0 bridgehead atoms. The van der Waals surface area contributed by atoms with Gasteiger partial charge < -0.3 is 9.84 Å². The van der Waals surface area contributed by atoms with Crippen LogP contribution >= 0.6 is 0 Å². The highest BCUT2D eigenvalue weighted by molar-refractivity contribution is 5.40. The van der Waals surface area contributed by atoms with E-state index in [1.807, 2.05) is 26.8 Å². The lowest BCUT2D eigenvalue weighted by atomic mass is 10.1. The number of aliphatic hydroxyl groups is 1. The first kappa shape index (κ1) is 11.5. The van der Waals surface area contributed by atoms with Crippen molar-refractivity contribution in [1.29, 1.82) is 5.26 Å². The van der Waals surface area contributed by atoms with Crippen LogP contribution in [0.25, 0.3) is 0 Å². The van der Waals surface area contributed by atoms with Crippen LogP contribution in [-0.4, -0.2) is 10.7 Å². The van der Waals surface area contributed by atoms with Gasteiger partial charge in [-0.15, -0.1) is 0 Å². The molecule has 0 fully saturated rings. The molecule has 80 valence electrons. The smallest absolute Gasteiger partial charge is 0.121 e. The van der Waals surface area contributed by atoms with E-state index in [-0.39, 0.29) is 12.2 Å². The average molecular weight is 205 g/mol. The molecule has 0 amide bonds. The molecule has 0 saturated carbocycles. The van der Waals surface area contributed by atoms with Gasteiger partial charge in [0.1, 0.15) is 11.4 Å². The van der Waals surface area contributed by atoms with Gasteiger partial charge in [-0.2, -0.15) is 5.26 Å². The Morgan fingerprint density at radius 3 is 2.47 bits per heavy atom. The van der Waals surface area contributed by atoms with Crippen molar-refractivity contribution < 1.29 is 9.84 Å². The molecule has 0 heterocycles. The van der Waals surface area contributed by atoms with Crippen molar-refractivity contribution in [3.8, 4) is 11.8 Å². The molecule has 0 saturated heterocycles. The van der Waals surface area contributed by atoms with Gasteiger partial charge in [0.15, 0.2) is 0 Å². The SMILES string of the molecule is CC(C)(C)Oc1cc(C#N)cc(CO)c1. The summed E-state index contributed by atoms with van der Waals surface area (Å²) < 4.78 is 5.62. The molecule has 0 aliphatic carbocycles. The first-order valence-corrected chi connectivity index (χ1v) is 4.78. The maximum Gasteiger partial charge on any atom is 0.121 e. The summed E-state index contributed by atoms with van der Waals surface area (Å²) in [6.07, 6.45) is 0. The lowest BCUT2D eigenvalue weighted by Gasteiger charge is -2.21. The fourth-order valence-corrected chi connectivity index (χ4v) is 1.23. The molecule has 15 heavy (non-hydrogen) atoms. The highest BCUT2D eigenvalue weighted by atomic mass is 16.5. The Bertz CT molecular complexity index is 386. The number of hydrogen-bond donors (Lipinski definition) is 1. The Balaban J connectivity index is 3.03. The Morgan fingerprint density at radius 2 is 2.00 bits per heavy atom. The minimum absolute atomic E-state index is 0.0873. The van der Waals surface area contributed by atoms with E-state index in [1.54, 1.807) is 18.2 Å². The summed E-state index contributed by atoms with van der Waals surface area (Å²) in [5.74, 6) is 0.616. The van der Waals surface area contributed by atoms with Gasteiger partial charge in [-0.3, -0.25) is 0 Å². The summed E-state index contributed by atoms with van der Waals surface area (Å²) in [5, 5.41) is 17.8. The molecule has 0 aliphatic heterocycles. The van der Waals surface area contributed by atoms with Crippen molar-refractivity contribution in [2.75, 3.05) is 0 Å². The normalized spacial score (nSPS) is 10.9. The van der Waals surface area contributed by atoms with Crippen molar-refractivity contribution >= 4 is 0 Å². The lowest BCUT2D eigenvalue weighted by molar-refractivity contribution is 0.130. The van der Waals surface area contributed by atoms with E-state index in [0.717, 1.165) is 0 Å². The van der Waals surface area contributed by atoms with Gasteiger partial charge in [-0.05, 0) is 44.5 Å². The van der Waals surface area contributed by atoms with Crippen molar-refractivity contribution in [1.82, 2.24) is 0 Å². The zero-order valence-corrected chi connectivity index (χ0v) is 9.24. The Labute approximate surface area is 89.9 Å². The molecular weight excluding hydrogens is 190 g/mol. The number of nitrogens with zero attached hydrogens (tertiary/aromatic N) is 1. The second-order valence-electron chi connectivity index (χ2n) is 4.35. The second kappa shape index (κ2) is 4.33. The van der Waals surface area contributed by atoms with E-state index in [1.165, 1.54) is 0 Å². The summed E-state index contributed by atoms with van der Waals surface area (Å²) in [7, 11) is 0. The Morgan fingerprint density at radius 1 is 1.33 bits per heavy atom. The van der Waals surface area contributed by atoms with E-state index >= 15 is 0 Å². The number of aliphatic hydroxyl groups excluding tert-OH is 1. The predicted octanol–water partition coefficient (Wildman–Crippen LogP) is 2.23. The van der Waals surface area contributed by atoms with Gasteiger partial charge in [0.2, 0.25) is 0 Å². The summed E-state index contributed by atoms with van der Waals surface area (Å²) in [4.78, 5) is 0. The highest BCUT2D eigenvalue weighted by Gasteiger charge is 2.12. The van der Waals surface area contributed by atoms with Gasteiger partial charge in [0.25, 0.3) is 0 Å². The topological polar surface area (TPSA) is 53.2 Å². The quantitative estimate of drug-likeness (QED) is 0.805. The van der Waals surface area contributed by atoms with E-state index in [0.29, 0.717) is 16.9 Å². The molecule has 0 atom stereocenters. The summed E-state index contributed by atoms with van der Waals surface area (Å²) in [5.41, 5.74) is 0.884. The van der Waals surface area contributed by atoms with Crippen LogP contribution in [-0.2, 0) is 6.61 Å². The minimum Gasteiger partial charge on any atom is -0.488 e. The van der Waals surface area contributed by atoms with Crippen LogP contribution in [0.3, 0.4) is 0 Å². The van der Waals surface area contributed by atoms with Gasteiger partial charge in [0, 0.05) is 0 Å².